The maximum atomic E-state index is 4.58. The molecule has 0 amide bonds. The summed E-state index contributed by atoms with van der Waals surface area (Å²) >= 11 is 0. The molecule has 0 spiro atoms. The molecule has 1 atom stereocenters. The second-order valence-electron chi connectivity index (χ2n) is 6.49. The van der Waals surface area contributed by atoms with Crippen LogP contribution in [0.5, 0.6) is 0 Å². The highest BCUT2D eigenvalue weighted by Crippen LogP contribution is 2.32. The van der Waals surface area contributed by atoms with Crippen molar-refractivity contribution in [3.05, 3.63) is 65.5 Å². The lowest BCUT2D eigenvalue weighted by Crippen LogP contribution is -2.35. The molecule has 5 nitrogen and oxygen atoms in total. The van der Waals surface area contributed by atoms with Crippen molar-refractivity contribution in [3.63, 3.8) is 0 Å². The number of fused-ring (bicyclic) bond motifs is 1. The maximum Gasteiger partial charge on any atom is 0.0925 e. The van der Waals surface area contributed by atoms with E-state index in [1.807, 2.05) is 29.5 Å². The van der Waals surface area contributed by atoms with Crippen molar-refractivity contribution < 1.29 is 0 Å². The van der Waals surface area contributed by atoms with E-state index in [2.05, 4.69) is 52.0 Å². The van der Waals surface area contributed by atoms with Crippen LogP contribution in [0.25, 0.3) is 5.69 Å². The van der Waals surface area contributed by atoms with E-state index in [9.17, 15) is 0 Å². The zero-order valence-electron chi connectivity index (χ0n) is 14.2. The number of aromatic nitrogens is 4. The van der Waals surface area contributed by atoms with Gasteiger partial charge in [-0.1, -0.05) is 24.6 Å². The number of nitrogens with zero attached hydrogens (tertiary/aromatic N) is 4. The van der Waals surface area contributed by atoms with Crippen molar-refractivity contribution in [1.29, 1.82) is 0 Å². The average Bonchev–Trinajstić information content (AvgIpc) is 3.26. The molecule has 1 aromatic carbocycles. The molecule has 0 saturated carbocycles. The van der Waals surface area contributed by atoms with Crippen LogP contribution in [-0.4, -0.2) is 31.2 Å². The van der Waals surface area contributed by atoms with Crippen molar-refractivity contribution >= 4 is 0 Å². The van der Waals surface area contributed by atoms with E-state index < -0.39 is 0 Å². The van der Waals surface area contributed by atoms with Crippen molar-refractivity contribution in [2.75, 3.05) is 6.54 Å². The van der Waals surface area contributed by atoms with Gasteiger partial charge in [0.1, 0.15) is 0 Å². The van der Waals surface area contributed by atoms with Gasteiger partial charge in [0.2, 0.25) is 0 Å². The lowest BCUT2D eigenvalue weighted by Gasteiger charge is -2.34. The van der Waals surface area contributed by atoms with Crippen molar-refractivity contribution in [3.8, 4) is 5.69 Å². The first-order valence-electron chi connectivity index (χ1n) is 8.62. The maximum absolute atomic E-state index is 4.58. The molecule has 1 aliphatic heterocycles. The Morgan fingerprint density at radius 1 is 1.33 bits per heavy atom. The Labute approximate surface area is 142 Å². The first-order chi connectivity index (χ1) is 11.8. The molecule has 0 radical (unpaired) electrons. The topological polar surface area (TPSA) is 49.7 Å². The normalized spacial score (nSPS) is 17.8. The van der Waals surface area contributed by atoms with Crippen LogP contribution < -0.4 is 0 Å². The van der Waals surface area contributed by atoms with Gasteiger partial charge in [-0.15, -0.1) is 0 Å². The lowest BCUT2D eigenvalue weighted by molar-refractivity contribution is 0.167. The molecule has 0 saturated heterocycles. The van der Waals surface area contributed by atoms with E-state index in [0.29, 0.717) is 6.04 Å². The Hall–Kier alpha value is -2.40. The number of hydrogen-bond donors (Lipinski definition) is 1. The minimum absolute atomic E-state index is 0.381. The van der Waals surface area contributed by atoms with E-state index in [4.69, 9.17) is 0 Å². The predicted molar refractivity (Wildman–Crippen MR) is 94.0 cm³/mol. The minimum Gasteiger partial charge on any atom is -0.348 e. The zero-order chi connectivity index (χ0) is 16.5. The quantitative estimate of drug-likeness (QED) is 0.801. The van der Waals surface area contributed by atoms with Gasteiger partial charge in [0, 0.05) is 37.6 Å². The number of nitrogens with one attached hydrogen (secondary N) is 1. The Bertz CT molecular complexity index is 818. The third kappa shape index (κ3) is 2.65. The van der Waals surface area contributed by atoms with E-state index in [1.165, 1.54) is 22.5 Å². The van der Waals surface area contributed by atoms with Crippen LogP contribution in [0.15, 0.2) is 43.0 Å². The van der Waals surface area contributed by atoms with Crippen LogP contribution in [0.4, 0.5) is 0 Å². The largest absolute Gasteiger partial charge is 0.348 e. The molecule has 124 valence electrons. The highest BCUT2D eigenvalue weighted by atomic mass is 15.3. The summed E-state index contributed by atoms with van der Waals surface area (Å²) in [5, 5.41) is 4.42. The fraction of sp³-hybridized carbons (Fsp3) is 0.368. The molecular weight excluding hydrogens is 298 g/mol. The van der Waals surface area contributed by atoms with Gasteiger partial charge in [-0.3, -0.25) is 4.90 Å². The fourth-order valence-corrected chi connectivity index (χ4v) is 3.74. The third-order valence-corrected chi connectivity index (χ3v) is 4.90. The number of aryl methyl sites for hydroxylation is 1. The number of H-pyrrole nitrogens is 1. The summed E-state index contributed by atoms with van der Waals surface area (Å²) < 4.78 is 1.96. The fourth-order valence-electron chi connectivity index (χ4n) is 3.74. The second kappa shape index (κ2) is 6.24. The SMILES string of the molecule is CC[C@@H]1c2nc[nH]c2CCN1Cc1cc(C)ccc1-n1cccn1. The first kappa shape index (κ1) is 15.1. The van der Waals surface area contributed by atoms with Gasteiger partial charge in [0.25, 0.3) is 0 Å². The van der Waals surface area contributed by atoms with Crippen LogP contribution >= 0.6 is 0 Å². The van der Waals surface area contributed by atoms with E-state index in [1.54, 1.807) is 0 Å². The Morgan fingerprint density at radius 3 is 3.04 bits per heavy atom. The summed E-state index contributed by atoms with van der Waals surface area (Å²) in [4.78, 5) is 10.4. The molecule has 0 fully saturated rings. The van der Waals surface area contributed by atoms with Crippen LogP contribution in [-0.2, 0) is 13.0 Å². The zero-order valence-corrected chi connectivity index (χ0v) is 14.2. The van der Waals surface area contributed by atoms with Gasteiger partial charge in [-0.25, -0.2) is 9.67 Å². The summed E-state index contributed by atoms with van der Waals surface area (Å²) in [6.45, 7) is 6.36. The molecule has 0 bridgehead atoms. The molecular formula is C19H23N5. The van der Waals surface area contributed by atoms with Crippen LogP contribution in [0.2, 0.25) is 0 Å². The van der Waals surface area contributed by atoms with Crippen LogP contribution in [0, 0.1) is 6.92 Å². The molecule has 4 rings (SSSR count). The summed E-state index contributed by atoms with van der Waals surface area (Å²) in [6.07, 6.45) is 7.77. The van der Waals surface area contributed by atoms with E-state index in [0.717, 1.165) is 31.6 Å². The highest BCUT2D eigenvalue weighted by molar-refractivity contribution is 5.43. The van der Waals surface area contributed by atoms with Crippen molar-refractivity contribution in [1.82, 2.24) is 24.6 Å². The van der Waals surface area contributed by atoms with Gasteiger partial charge < -0.3 is 4.98 Å². The molecule has 3 heterocycles. The Balaban J connectivity index is 1.67. The van der Waals surface area contributed by atoms with Gasteiger partial charge in [-0.2, -0.15) is 5.10 Å². The molecule has 1 N–H and O–H groups in total. The average molecular weight is 321 g/mol. The third-order valence-electron chi connectivity index (χ3n) is 4.90. The Morgan fingerprint density at radius 2 is 2.25 bits per heavy atom. The summed E-state index contributed by atoms with van der Waals surface area (Å²) in [5.74, 6) is 0. The van der Waals surface area contributed by atoms with Crippen molar-refractivity contribution in [2.24, 2.45) is 0 Å². The Kier molecular flexibility index (Phi) is 3.94. The number of aromatic amines is 1. The summed E-state index contributed by atoms with van der Waals surface area (Å²) in [7, 11) is 0. The number of benzene rings is 1. The number of rotatable bonds is 4. The molecule has 5 heteroatoms. The predicted octanol–water partition coefficient (Wildman–Crippen LogP) is 3.41. The lowest BCUT2D eigenvalue weighted by atomic mass is 9.99. The van der Waals surface area contributed by atoms with Gasteiger partial charge >= 0.3 is 0 Å². The number of hydrogen-bond acceptors (Lipinski definition) is 3. The van der Waals surface area contributed by atoms with E-state index >= 15 is 0 Å². The molecule has 0 aliphatic carbocycles. The molecule has 2 aromatic heterocycles. The second-order valence-corrected chi connectivity index (χ2v) is 6.49. The minimum atomic E-state index is 0.381. The van der Waals surface area contributed by atoms with E-state index in [-0.39, 0.29) is 0 Å². The van der Waals surface area contributed by atoms with Crippen LogP contribution in [0.1, 0.15) is 41.9 Å². The monoisotopic (exact) mass is 321 g/mol. The van der Waals surface area contributed by atoms with Gasteiger partial charge in [0.05, 0.1) is 23.8 Å². The summed E-state index contributed by atoms with van der Waals surface area (Å²) in [5.41, 5.74) is 6.28. The number of imidazole rings is 1. The smallest absolute Gasteiger partial charge is 0.0925 e. The van der Waals surface area contributed by atoms with Gasteiger partial charge in [-0.05, 0) is 31.0 Å². The highest BCUT2D eigenvalue weighted by Gasteiger charge is 2.28. The molecule has 24 heavy (non-hydrogen) atoms. The van der Waals surface area contributed by atoms with Crippen molar-refractivity contribution in [2.45, 2.75) is 39.3 Å². The summed E-state index contributed by atoms with van der Waals surface area (Å²) in [6, 6.07) is 8.95. The van der Waals surface area contributed by atoms with Crippen LogP contribution in [0.3, 0.4) is 0 Å². The van der Waals surface area contributed by atoms with Gasteiger partial charge in [0.15, 0.2) is 0 Å². The molecule has 3 aromatic rings. The first-order valence-corrected chi connectivity index (χ1v) is 8.62. The standard InChI is InChI=1S/C19H23N5/c1-3-17-19-16(20-13-21-19)7-10-23(17)12-15-11-14(2)5-6-18(15)24-9-4-8-22-24/h4-6,8-9,11,13,17H,3,7,10,12H2,1-2H3,(H,20,21)/t17-/m1/s1. The molecule has 0 unspecified atom stereocenters. The molecule has 1 aliphatic rings.